The van der Waals surface area contributed by atoms with E-state index in [4.69, 9.17) is 23.2 Å². The number of carbonyl (C=O) groups is 3. The molecule has 3 amide bonds. The summed E-state index contributed by atoms with van der Waals surface area (Å²) in [6, 6.07) is 10.3. The normalized spacial score (nSPS) is 15.0. The van der Waals surface area contributed by atoms with Crippen molar-refractivity contribution in [1.29, 1.82) is 0 Å². The summed E-state index contributed by atoms with van der Waals surface area (Å²) in [5.41, 5.74) is 0.827. The third-order valence-corrected chi connectivity index (χ3v) is 8.65. The molecule has 0 aromatic heterocycles. The first-order valence-electron chi connectivity index (χ1n) is 12.1. The van der Waals surface area contributed by atoms with Crippen molar-refractivity contribution < 1.29 is 22.8 Å². The number of halogens is 2. The lowest BCUT2D eigenvalue weighted by atomic mass is 10.1. The van der Waals surface area contributed by atoms with Crippen molar-refractivity contribution in [2.75, 3.05) is 13.1 Å². The fourth-order valence-electron chi connectivity index (χ4n) is 4.15. The molecule has 0 spiro atoms. The topological polar surface area (TPSA) is 104 Å². The summed E-state index contributed by atoms with van der Waals surface area (Å²) in [6.07, 6.45) is 0.440. The number of rotatable bonds is 11. The van der Waals surface area contributed by atoms with E-state index in [0.29, 0.717) is 28.6 Å². The van der Waals surface area contributed by atoms with Crippen LogP contribution in [-0.2, 0) is 26.2 Å². The van der Waals surface area contributed by atoms with Gasteiger partial charge in [0.1, 0.15) is 10.9 Å². The van der Waals surface area contributed by atoms with Crippen molar-refractivity contribution in [3.8, 4) is 0 Å². The molecule has 0 aliphatic carbocycles. The number of amides is 3. The molecule has 0 saturated heterocycles. The largest absolute Gasteiger partial charge is 0.354 e. The molecule has 8 nitrogen and oxygen atoms in total. The Morgan fingerprint density at radius 2 is 1.78 bits per heavy atom. The van der Waals surface area contributed by atoms with E-state index in [0.717, 1.165) is 4.31 Å². The molecule has 200 valence electrons. The van der Waals surface area contributed by atoms with Crippen LogP contribution in [0.15, 0.2) is 47.4 Å². The number of fused-ring (bicyclic) bond motifs is 1. The number of nitrogens with one attached hydrogen (secondary N) is 1. The molecule has 0 radical (unpaired) electrons. The lowest BCUT2D eigenvalue weighted by Crippen LogP contribution is -2.49. The molecule has 37 heavy (non-hydrogen) atoms. The van der Waals surface area contributed by atoms with Crippen LogP contribution in [-0.4, -0.2) is 54.5 Å². The molecule has 2 aromatic rings. The van der Waals surface area contributed by atoms with Gasteiger partial charge in [0, 0.05) is 26.1 Å². The second-order valence-corrected chi connectivity index (χ2v) is 12.0. The highest BCUT2D eigenvalue weighted by Crippen LogP contribution is 2.30. The van der Waals surface area contributed by atoms with Crippen LogP contribution in [0.25, 0.3) is 0 Å². The van der Waals surface area contributed by atoms with Crippen LogP contribution in [0.3, 0.4) is 0 Å². The molecule has 11 heteroatoms. The maximum absolute atomic E-state index is 13.4. The second kappa shape index (κ2) is 12.3. The predicted octanol–water partition coefficient (Wildman–Crippen LogP) is 4.50. The van der Waals surface area contributed by atoms with Gasteiger partial charge in [0.25, 0.3) is 15.9 Å². The Hall–Kier alpha value is -2.62. The van der Waals surface area contributed by atoms with E-state index >= 15 is 0 Å². The SMILES string of the molecule is CCC(C(=O)NCC(C)C)N(Cc1ccc(Cl)c(Cl)c1)C(=O)CCCN1C(=O)c2ccccc2S1(=O)=O. The summed E-state index contributed by atoms with van der Waals surface area (Å²) in [4.78, 5) is 40.5. The van der Waals surface area contributed by atoms with Gasteiger partial charge in [-0.15, -0.1) is 0 Å². The number of hydrogen-bond donors (Lipinski definition) is 1. The molecule has 0 saturated carbocycles. The van der Waals surface area contributed by atoms with Gasteiger partial charge >= 0.3 is 0 Å². The van der Waals surface area contributed by atoms with E-state index in [1.165, 1.54) is 17.0 Å². The van der Waals surface area contributed by atoms with Crippen molar-refractivity contribution >= 4 is 50.9 Å². The highest BCUT2D eigenvalue weighted by Gasteiger charge is 2.40. The molecule has 0 bridgehead atoms. The Kier molecular flexibility index (Phi) is 9.61. The third kappa shape index (κ3) is 6.64. The van der Waals surface area contributed by atoms with Crippen LogP contribution < -0.4 is 5.32 Å². The zero-order chi connectivity index (χ0) is 27.3. The van der Waals surface area contributed by atoms with E-state index in [1.54, 1.807) is 30.3 Å². The Balaban J connectivity index is 1.76. The van der Waals surface area contributed by atoms with E-state index in [1.807, 2.05) is 20.8 Å². The minimum absolute atomic E-state index is 0.0274. The van der Waals surface area contributed by atoms with Gasteiger partial charge in [-0.05, 0) is 48.6 Å². The summed E-state index contributed by atoms with van der Waals surface area (Å²) in [6.45, 7) is 6.23. The first kappa shape index (κ1) is 28.9. The van der Waals surface area contributed by atoms with Gasteiger partial charge in [-0.3, -0.25) is 14.4 Å². The molecule has 1 aliphatic rings. The molecular formula is C26H31Cl2N3O5S. The van der Waals surface area contributed by atoms with Gasteiger partial charge < -0.3 is 10.2 Å². The highest BCUT2D eigenvalue weighted by atomic mass is 35.5. The van der Waals surface area contributed by atoms with Crippen LogP contribution >= 0.6 is 23.2 Å². The molecule has 1 unspecified atom stereocenters. The standard InChI is InChI=1S/C26H31Cl2N3O5S/c1-4-22(25(33)29-15-17(2)3)30(16-18-11-12-20(27)21(28)14-18)24(32)10-7-13-31-26(34)19-8-5-6-9-23(19)37(31,35)36/h5-6,8-9,11-12,14,17,22H,4,7,10,13,15-16H2,1-3H3,(H,29,33). The molecule has 1 atom stereocenters. The minimum Gasteiger partial charge on any atom is -0.354 e. The van der Waals surface area contributed by atoms with Crippen LogP contribution in [0, 0.1) is 5.92 Å². The Morgan fingerprint density at radius 1 is 1.08 bits per heavy atom. The predicted molar refractivity (Wildman–Crippen MR) is 143 cm³/mol. The number of hydrogen-bond acceptors (Lipinski definition) is 5. The molecule has 1 heterocycles. The lowest BCUT2D eigenvalue weighted by molar-refractivity contribution is -0.141. The smallest absolute Gasteiger partial charge is 0.269 e. The zero-order valence-electron chi connectivity index (χ0n) is 21.0. The van der Waals surface area contributed by atoms with E-state index in [-0.39, 0.29) is 54.1 Å². The molecular weight excluding hydrogens is 537 g/mol. The number of nitrogens with zero attached hydrogens (tertiary/aromatic N) is 2. The molecule has 1 N–H and O–H groups in total. The molecule has 3 rings (SSSR count). The van der Waals surface area contributed by atoms with Gasteiger partial charge in [-0.25, -0.2) is 12.7 Å². The number of benzene rings is 2. The van der Waals surface area contributed by atoms with E-state index in [9.17, 15) is 22.8 Å². The maximum atomic E-state index is 13.4. The van der Waals surface area contributed by atoms with Crippen molar-refractivity contribution in [2.45, 2.75) is 57.5 Å². The molecule has 1 aliphatic heterocycles. The van der Waals surface area contributed by atoms with E-state index < -0.39 is 22.0 Å². The van der Waals surface area contributed by atoms with E-state index in [2.05, 4.69) is 5.32 Å². The molecule has 2 aromatic carbocycles. The van der Waals surface area contributed by atoms with Crippen LogP contribution in [0.1, 0.15) is 56.0 Å². The van der Waals surface area contributed by atoms with Crippen molar-refractivity contribution in [2.24, 2.45) is 5.92 Å². The number of sulfonamides is 1. The van der Waals surface area contributed by atoms with Gasteiger partial charge in [0.2, 0.25) is 11.8 Å². The van der Waals surface area contributed by atoms with Crippen molar-refractivity contribution in [3.63, 3.8) is 0 Å². The first-order valence-corrected chi connectivity index (χ1v) is 14.3. The van der Waals surface area contributed by atoms with Gasteiger partial charge in [-0.1, -0.05) is 62.2 Å². The average Bonchev–Trinajstić information content (AvgIpc) is 3.05. The zero-order valence-corrected chi connectivity index (χ0v) is 23.4. The highest BCUT2D eigenvalue weighted by molar-refractivity contribution is 7.90. The summed E-state index contributed by atoms with van der Waals surface area (Å²) in [7, 11) is -3.95. The minimum atomic E-state index is -3.95. The summed E-state index contributed by atoms with van der Waals surface area (Å²) in [5, 5.41) is 3.60. The van der Waals surface area contributed by atoms with Crippen LogP contribution in [0.5, 0.6) is 0 Å². The van der Waals surface area contributed by atoms with Crippen LogP contribution in [0.2, 0.25) is 10.0 Å². The third-order valence-electron chi connectivity index (χ3n) is 6.07. The maximum Gasteiger partial charge on any atom is 0.269 e. The fraction of sp³-hybridized carbons (Fsp3) is 0.423. The summed E-state index contributed by atoms with van der Waals surface area (Å²) in [5.74, 6) is -0.962. The average molecular weight is 569 g/mol. The van der Waals surface area contributed by atoms with Crippen LogP contribution in [0.4, 0.5) is 0 Å². The lowest BCUT2D eigenvalue weighted by Gasteiger charge is -2.31. The summed E-state index contributed by atoms with van der Waals surface area (Å²) < 4.78 is 26.4. The fourth-order valence-corrected chi connectivity index (χ4v) is 6.07. The quantitative estimate of drug-likeness (QED) is 0.430. The Morgan fingerprint density at radius 3 is 2.41 bits per heavy atom. The van der Waals surface area contributed by atoms with Gasteiger partial charge in [-0.2, -0.15) is 0 Å². The summed E-state index contributed by atoms with van der Waals surface area (Å²) >= 11 is 12.2. The Bertz CT molecular complexity index is 1280. The van der Waals surface area contributed by atoms with Crippen molar-refractivity contribution in [3.05, 3.63) is 63.6 Å². The van der Waals surface area contributed by atoms with Gasteiger partial charge in [0.05, 0.1) is 15.6 Å². The van der Waals surface area contributed by atoms with Crippen molar-refractivity contribution in [1.82, 2.24) is 14.5 Å². The second-order valence-electron chi connectivity index (χ2n) is 9.32. The monoisotopic (exact) mass is 567 g/mol. The first-order chi connectivity index (χ1) is 17.5. The van der Waals surface area contributed by atoms with Gasteiger partial charge in [0.15, 0.2) is 0 Å². The molecule has 0 fully saturated rings. The number of carbonyl (C=O) groups excluding carboxylic acids is 3. The Labute approximate surface area is 228 Å².